The highest BCUT2D eigenvalue weighted by molar-refractivity contribution is 7.88. The Labute approximate surface area is 184 Å². The molecule has 1 N–H and O–H groups in total. The second-order valence-corrected chi connectivity index (χ2v) is 10.3. The van der Waals surface area contributed by atoms with E-state index in [1.807, 2.05) is 30.3 Å². The molecule has 1 fully saturated rings. The topological polar surface area (TPSA) is 66.5 Å². The highest BCUT2D eigenvalue weighted by atomic mass is 35.5. The average molecular weight is 449 g/mol. The van der Waals surface area contributed by atoms with Gasteiger partial charge in [-0.2, -0.15) is 0 Å². The quantitative estimate of drug-likeness (QED) is 0.592. The lowest BCUT2D eigenvalue weighted by atomic mass is 9.89. The summed E-state index contributed by atoms with van der Waals surface area (Å²) in [5.41, 5.74) is 2.02. The Bertz CT molecular complexity index is 911. The van der Waals surface area contributed by atoms with Gasteiger partial charge in [-0.3, -0.25) is 0 Å². The molecule has 1 saturated heterocycles. The predicted octanol–water partition coefficient (Wildman–Crippen LogP) is 3.84. The van der Waals surface area contributed by atoms with Crippen molar-refractivity contribution >= 4 is 27.9 Å². The summed E-state index contributed by atoms with van der Waals surface area (Å²) in [6.45, 7) is 4.04. The van der Waals surface area contributed by atoms with E-state index in [9.17, 15) is 13.2 Å². The molecule has 0 radical (unpaired) electrons. The van der Waals surface area contributed by atoms with Crippen LogP contribution in [-0.4, -0.2) is 45.3 Å². The molecule has 0 aliphatic carbocycles. The van der Waals surface area contributed by atoms with Crippen molar-refractivity contribution in [2.24, 2.45) is 5.92 Å². The summed E-state index contributed by atoms with van der Waals surface area (Å²) in [7, 11) is -3.55. The van der Waals surface area contributed by atoms with Crippen LogP contribution >= 0.6 is 11.6 Å². The van der Waals surface area contributed by atoms with E-state index < -0.39 is 22.0 Å². The molecule has 2 aromatic rings. The fraction of sp³-hybridized carbons (Fsp3) is 0.435. The number of nitrogens with zero attached hydrogens (tertiary/aromatic N) is 1. The van der Waals surface area contributed by atoms with Crippen LogP contribution in [0.2, 0.25) is 5.02 Å². The Morgan fingerprint density at radius 2 is 1.73 bits per heavy atom. The average Bonchev–Trinajstić information content (AvgIpc) is 2.74. The van der Waals surface area contributed by atoms with E-state index >= 15 is 0 Å². The Balaban J connectivity index is 1.59. The van der Waals surface area contributed by atoms with Gasteiger partial charge in [0.05, 0.1) is 5.75 Å². The number of aldehydes is 1. The van der Waals surface area contributed by atoms with Gasteiger partial charge in [0.25, 0.3) is 0 Å². The lowest BCUT2D eigenvalue weighted by Gasteiger charge is -2.35. The fourth-order valence-corrected chi connectivity index (χ4v) is 5.52. The van der Waals surface area contributed by atoms with Crippen molar-refractivity contribution in [3.05, 3.63) is 70.7 Å². The molecular weight excluding hydrogens is 420 g/mol. The number of sulfonamides is 1. The first kappa shape index (κ1) is 22.9. The zero-order chi connectivity index (χ0) is 21.6. The first-order chi connectivity index (χ1) is 14.4. The SMILES string of the molecule is CC(C=O)C(CN1CCC(c2ccc(Cl)cc2)CC1)NS(=O)(=O)Cc1ccccc1. The number of hydrogen-bond acceptors (Lipinski definition) is 4. The monoisotopic (exact) mass is 448 g/mol. The zero-order valence-corrected chi connectivity index (χ0v) is 18.8. The van der Waals surface area contributed by atoms with Gasteiger partial charge in [0.15, 0.2) is 0 Å². The maximum Gasteiger partial charge on any atom is 0.216 e. The van der Waals surface area contributed by atoms with Crippen molar-refractivity contribution in [3.63, 3.8) is 0 Å². The normalized spacial score (nSPS) is 18.1. The van der Waals surface area contributed by atoms with Gasteiger partial charge in [0.1, 0.15) is 6.29 Å². The molecule has 30 heavy (non-hydrogen) atoms. The van der Waals surface area contributed by atoms with E-state index in [0.29, 0.717) is 12.5 Å². The van der Waals surface area contributed by atoms with Crippen molar-refractivity contribution in [2.75, 3.05) is 19.6 Å². The second kappa shape index (κ2) is 10.5. The molecule has 0 bridgehead atoms. The molecule has 5 nitrogen and oxygen atoms in total. The van der Waals surface area contributed by atoms with Gasteiger partial charge in [0, 0.05) is 23.5 Å². The summed E-state index contributed by atoms with van der Waals surface area (Å²) in [5, 5.41) is 0.740. The third-order valence-corrected chi connectivity index (χ3v) is 7.39. The highest BCUT2D eigenvalue weighted by Crippen LogP contribution is 2.29. The van der Waals surface area contributed by atoms with E-state index in [4.69, 9.17) is 11.6 Å². The third-order valence-electron chi connectivity index (χ3n) is 5.76. The van der Waals surface area contributed by atoms with E-state index in [1.165, 1.54) is 5.56 Å². The van der Waals surface area contributed by atoms with Gasteiger partial charge >= 0.3 is 0 Å². The van der Waals surface area contributed by atoms with Crippen LogP contribution < -0.4 is 4.72 Å². The molecule has 1 aliphatic heterocycles. The molecule has 7 heteroatoms. The van der Waals surface area contributed by atoms with Gasteiger partial charge in [0.2, 0.25) is 10.0 Å². The van der Waals surface area contributed by atoms with E-state index in [0.717, 1.165) is 42.8 Å². The minimum atomic E-state index is -3.55. The van der Waals surface area contributed by atoms with E-state index in [1.54, 1.807) is 19.1 Å². The minimum absolute atomic E-state index is 0.0887. The van der Waals surface area contributed by atoms with Crippen LogP contribution in [-0.2, 0) is 20.6 Å². The number of piperidine rings is 1. The molecule has 162 valence electrons. The van der Waals surface area contributed by atoms with Crippen LogP contribution in [0.1, 0.15) is 36.8 Å². The number of carbonyl (C=O) groups is 1. The van der Waals surface area contributed by atoms with Gasteiger partial charge in [-0.15, -0.1) is 0 Å². The lowest BCUT2D eigenvalue weighted by molar-refractivity contribution is -0.111. The summed E-state index contributed by atoms with van der Waals surface area (Å²) >= 11 is 5.99. The molecule has 1 aliphatic rings. The molecule has 0 saturated carbocycles. The number of hydrogen-bond donors (Lipinski definition) is 1. The maximum atomic E-state index is 12.7. The first-order valence-electron chi connectivity index (χ1n) is 10.3. The van der Waals surface area contributed by atoms with Crippen LogP contribution in [0.5, 0.6) is 0 Å². The Morgan fingerprint density at radius 1 is 1.10 bits per heavy atom. The van der Waals surface area contributed by atoms with Crippen LogP contribution in [0.15, 0.2) is 54.6 Å². The summed E-state index contributed by atoms with van der Waals surface area (Å²) in [6.07, 6.45) is 2.83. The first-order valence-corrected chi connectivity index (χ1v) is 12.4. The number of rotatable bonds is 9. The van der Waals surface area contributed by atoms with Crippen LogP contribution in [0.25, 0.3) is 0 Å². The van der Waals surface area contributed by atoms with Crippen molar-refractivity contribution in [1.29, 1.82) is 0 Å². The van der Waals surface area contributed by atoms with Gasteiger partial charge in [-0.1, -0.05) is 61.0 Å². The summed E-state index contributed by atoms with van der Waals surface area (Å²) in [5.74, 6) is -0.00561. The zero-order valence-electron chi connectivity index (χ0n) is 17.2. The van der Waals surface area contributed by atoms with Crippen LogP contribution in [0, 0.1) is 5.92 Å². The Kier molecular flexibility index (Phi) is 8.06. The van der Waals surface area contributed by atoms with Gasteiger partial charge in [-0.05, 0) is 55.1 Å². The van der Waals surface area contributed by atoms with Crippen molar-refractivity contribution < 1.29 is 13.2 Å². The second-order valence-electron chi connectivity index (χ2n) is 8.09. The molecule has 0 amide bonds. The summed E-state index contributed by atoms with van der Waals surface area (Å²) < 4.78 is 28.1. The predicted molar refractivity (Wildman–Crippen MR) is 121 cm³/mol. The highest BCUT2D eigenvalue weighted by Gasteiger charge is 2.28. The molecule has 2 unspecified atom stereocenters. The van der Waals surface area contributed by atoms with Crippen molar-refractivity contribution in [2.45, 2.75) is 37.5 Å². The number of benzene rings is 2. The lowest BCUT2D eigenvalue weighted by Crippen LogP contribution is -2.49. The fourth-order valence-electron chi connectivity index (χ4n) is 3.93. The summed E-state index contributed by atoms with van der Waals surface area (Å²) in [6, 6.07) is 16.6. The van der Waals surface area contributed by atoms with Gasteiger partial charge < -0.3 is 9.69 Å². The molecule has 1 heterocycles. The standard InChI is InChI=1S/C23H29ClN2O3S/c1-18(16-27)23(25-30(28,29)17-19-5-3-2-4-6-19)15-26-13-11-21(12-14-26)20-7-9-22(24)10-8-20/h2-10,16,18,21,23,25H,11-15,17H2,1H3. The summed E-state index contributed by atoms with van der Waals surface area (Å²) in [4.78, 5) is 13.7. The Morgan fingerprint density at radius 3 is 2.33 bits per heavy atom. The number of likely N-dealkylation sites (tertiary alicyclic amines) is 1. The molecule has 2 atom stereocenters. The molecule has 0 spiro atoms. The van der Waals surface area contributed by atoms with Crippen molar-refractivity contribution in [1.82, 2.24) is 9.62 Å². The van der Waals surface area contributed by atoms with E-state index in [-0.39, 0.29) is 5.75 Å². The molecule has 0 aromatic heterocycles. The number of carbonyl (C=O) groups excluding carboxylic acids is 1. The third kappa shape index (κ3) is 6.64. The van der Waals surface area contributed by atoms with Gasteiger partial charge in [-0.25, -0.2) is 13.1 Å². The maximum absolute atomic E-state index is 12.7. The number of nitrogens with one attached hydrogen (secondary N) is 1. The smallest absolute Gasteiger partial charge is 0.216 e. The van der Waals surface area contributed by atoms with Crippen LogP contribution in [0.4, 0.5) is 0 Å². The minimum Gasteiger partial charge on any atom is -0.303 e. The van der Waals surface area contributed by atoms with Crippen molar-refractivity contribution in [3.8, 4) is 0 Å². The molecule has 2 aromatic carbocycles. The molecular formula is C23H29ClN2O3S. The van der Waals surface area contributed by atoms with Crippen LogP contribution in [0.3, 0.4) is 0 Å². The van der Waals surface area contributed by atoms with E-state index in [2.05, 4.69) is 21.8 Å². The Hall–Kier alpha value is -1.73. The largest absolute Gasteiger partial charge is 0.303 e. The number of halogens is 1. The molecule has 3 rings (SSSR count).